The van der Waals surface area contributed by atoms with Crippen LogP contribution in [0.25, 0.3) is 0 Å². The minimum Gasteiger partial charge on any atom is -0.546 e. The van der Waals surface area contributed by atoms with Gasteiger partial charge < -0.3 is 13.6 Å². The molecule has 1 aliphatic carbocycles. The van der Waals surface area contributed by atoms with Crippen molar-refractivity contribution in [2.45, 2.75) is 97.3 Å². The molecule has 0 radical (unpaired) electrons. The van der Waals surface area contributed by atoms with Gasteiger partial charge >= 0.3 is 5.97 Å². The van der Waals surface area contributed by atoms with Crippen LogP contribution in [0.4, 0.5) is 0 Å². The Labute approximate surface area is 181 Å². The number of methoxy groups -OCH3 is 1. The number of hydrogen-bond acceptors (Lipinski definition) is 4. The molecule has 0 aliphatic heterocycles. The topological polar surface area (TPSA) is 44.8 Å². The third kappa shape index (κ3) is 6.82. The standard InChI is InChI=1S/C23H44O4Si2/c1-17-19(26-28(9,10)22(2,3)4)14-13-18(16-21(24)25-8)15-20(17)27-29(11,12)23(5,6)7/h13-15,17-19H,16H2,1-12H3/t17-,18+,19+/m0/s1. The van der Waals surface area contributed by atoms with E-state index in [1.807, 2.05) is 0 Å². The summed E-state index contributed by atoms with van der Waals surface area (Å²) in [6, 6.07) is 0. The van der Waals surface area contributed by atoms with Crippen molar-refractivity contribution in [3.8, 4) is 0 Å². The fraction of sp³-hybridized carbons (Fsp3) is 0.783. The van der Waals surface area contributed by atoms with E-state index in [4.69, 9.17) is 13.6 Å². The Morgan fingerprint density at radius 2 is 1.48 bits per heavy atom. The maximum atomic E-state index is 11.9. The van der Waals surface area contributed by atoms with Crippen LogP contribution in [-0.2, 0) is 18.4 Å². The molecule has 3 atom stereocenters. The van der Waals surface area contributed by atoms with Crippen molar-refractivity contribution in [1.82, 2.24) is 0 Å². The Hall–Kier alpha value is -0.856. The minimum absolute atomic E-state index is 0.0438. The first-order valence-electron chi connectivity index (χ1n) is 10.7. The lowest BCUT2D eigenvalue weighted by Crippen LogP contribution is -2.46. The van der Waals surface area contributed by atoms with Crippen LogP contribution < -0.4 is 0 Å². The first-order valence-corrected chi connectivity index (χ1v) is 16.6. The van der Waals surface area contributed by atoms with Gasteiger partial charge in [-0.1, -0.05) is 60.6 Å². The number of carbonyl (C=O) groups excluding carboxylic acids is 1. The summed E-state index contributed by atoms with van der Waals surface area (Å²) in [7, 11) is -2.54. The fourth-order valence-corrected chi connectivity index (χ4v) is 5.10. The molecule has 1 rings (SSSR count). The van der Waals surface area contributed by atoms with Crippen molar-refractivity contribution in [1.29, 1.82) is 0 Å². The van der Waals surface area contributed by atoms with Crippen LogP contribution >= 0.6 is 0 Å². The highest BCUT2D eigenvalue weighted by atomic mass is 28.4. The van der Waals surface area contributed by atoms with E-state index in [1.165, 1.54) is 7.11 Å². The van der Waals surface area contributed by atoms with Crippen LogP contribution in [0.1, 0.15) is 54.9 Å². The molecule has 29 heavy (non-hydrogen) atoms. The van der Waals surface area contributed by atoms with Crippen LogP contribution in [0.15, 0.2) is 24.0 Å². The zero-order valence-electron chi connectivity index (χ0n) is 20.8. The van der Waals surface area contributed by atoms with Crippen LogP contribution in [-0.4, -0.2) is 35.8 Å². The third-order valence-corrected chi connectivity index (χ3v) is 15.7. The molecule has 0 heterocycles. The van der Waals surface area contributed by atoms with E-state index in [2.05, 4.69) is 92.9 Å². The quantitative estimate of drug-likeness (QED) is 0.263. The molecule has 0 aromatic carbocycles. The molecule has 0 unspecified atom stereocenters. The van der Waals surface area contributed by atoms with Crippen molar-refractivity contribution in [3.05, 3.63) is 24.0 Å². The normalized spacial score (nSPS) is 24.0. The van der Waals surface area contributed by atoms with Gasteiger partial charge in [0.1, 0.15) is 0 Å². The van der Waals surface area contributed by atoms with Crippen LogP contribution in [0.2, 0.25) is 36.3 Å². The van der Waals surface area contributed by atoms with E-state index in [1.54, 1.807) is 0 Å². The zero-order valence-corrected chi connectivity index (χ0v) is 22.8. The van der Waals surface area contributed by atoms with E-state index >= 15 is 0 Å². The second-order valence-corrected chi connectivity index (χ2v) is 20.9. The highest BCUT2D eigenvalue weighted by Crippen LogP contribution is 2.42. The Bertz CT molecular complexity index is 636. The number of carbonyl (C=O) groups is 1. The molecule has 0 spiro atoms. The number of allylic oxidation sites excluding steroid dienone is 2. The molecule has 0 saturated heterocycles. The van der Waals surface area contributed by atoms with Gasteiger partial charge in [-0.2, -0.15) is 0 Å². The maximum Gasteiger partial charge on any atom is 0.306 e. The first kappa shape index (κ1) is 26.2. The molecule has 0 aromatic heterocycles. The van der Waals surface area contributed by atoms with Gasteiger partial charge in [0.2, 0.25) is 8.32 Å². The second-order valence-electron chi connectivity index (χ2n) is 11.4. The zero-order chi connectivity index (χ0) is 22.8. The van der Waals surface area contributed by atoms with Gasteiger partial charge in [0.15, 0.2) is 8.32 Å². The van der Waals surface area contributed by atoms with Gasteiger partial charge in [-0.3, -0.25) is 4.79 Å². The summed E-state index contributed by atoms with van der Waals surface area (Å²) in [5.41, 5.74) is 0. The third-order valence-electron chi connectivity index (χ3n) is 6.91. The van der Waals surface area contributed by atoms with Crippen molar-refractivity contribution in [2.24, 2.45) is 11.8 Å². The molecule has 1 aliphatic rings. The largest absolute Gasteiger partial charge is 0.546 e. The number of hydrogen-bond donors (Lipinski definition) is 0. The van der Waals surface area contributed by atoms with E-state index < -0.39 is 16.6 Å². The summed E-state index contributed by atoms with van der Waals surface area (Å²) < 4.78 is 18.4. The van der Waals surface area contributed by atoms with Crippen LogP contribution in [0, 0.1) is 11.8 Å². The lowest BCUT2D eigenvalue weighted by atomic mass is 10.0. The molecule has 4 nitrogen and oxygen atoms in total. The predicted octanol–water partition coefficient (Wildman–Crippen LogP) is 6.67. The summed E-state index contributed by atoms with van der Waals surface area (Å²) in [6.07, 6.45) is 6.60. The predicted molar refractivity (Wildman–Crippen MR) is 127 cm³/mol. The summed E-state index contributed by atoms with van der Waals surface area (Å²) in [5.74, 6) is 0.799. The van der Waals surface area contributed by atoms with E-state index in [0.29, 0.717) is 6.42 Å². The first-order chi connectivity index (χ1) is 12.9. The lowest BCUT2D eigenvalue weighted by molar-refractivity contribution is -0.141. The van der Waals surface area contributed by atoms with E-state index in [-0.39, 0.29) is 34.0 Å². The van der Waals surface area contributed by atoms with Gasteiger partial charge in [0.25, 0.3) is 0 Å². The number of rotatable bonds is 6. The van der Waals surface area contributed by atoms with E-state index in [0.717, 1.165) is 5.76 Å². The Kier molecular flexibility index (Phi) is 8.22. The van der Waals surface area contributed by atoms with Crippen molar-refractivity contribution in [2.75, 3.05) is 7.11 Å². The SMILES string of the molecule is COC(=O)C[C@@H]1C=C[C@@H](O[Si](C)(C)C(C)(C)C)[C@H](C)C(O[Si](C)(C)C(C)(C)C)=C1. The van der Waals surface area contributed by atoms with Crippen molar-refractivity contribution in [3.63, 3.8) is 0 Å². The van der Waals surface area contributed by atoms with Gasteiger partial charge in [-0.25, -0.2) is 0 Å². The molecule has 0 fully saturated rings. The Morgan fingerprint density at radius 1 is 0.966 bits per heavy atom. The van der Waals surface area contributed by atoms with Gasteiger partial charge in [0.05, 0.1) is 25.4 Å². The molecule has 0 saturated carbocycles. The molecule has 6 heteroatoms. The second kappa shape index (κ2) is 9.10. The van der Waals surface area contributed by atoms with Gasteiger partial charge in [-0.05, 0) is 42.3 Å². The molecule has 0 aromatic rings. The monoisotopic (exact) mass is 440 g/mol. The molecule has 168 valence electrons. The summed E-state index contributed by atoms with van der Waals surface area (Å²) in [6.45, 7) is 24.8. The van der Waals surface area contributed by atoms with Gasteiger partial charge in [0, 0.05) is 11.8 Å². The molecular weight excluding hydrogens is 396 g/mol. The van der Waals surface area contributed by atoms with E-state index in [9.17, 15) is 4.79 Å². The minimum atomic E-state index is -2.02. The summed E-state index contributed by atoms with van der Waals surface area (Å²) >= 11 is 0. The Morgan fingerprint density at radius 3 is 1.93 bits per heavy atom. The average Bonchev–Trinajstić information content (AvgIpc) is 2.66. The average molecular weight is 441 g/mol. The molecular formula is C23H44O4Si2. The van der Waals surface area contributed by atoms with Crippen LogP contribution in [0.3, 0.4) is 0 Å². The van der Waals surface area contributed by atoms with Crippen molar-refractivity contribution < 1.29 is 18.4 Å². The van der Waals surface area contributed by atoms with Crippen LogP contribution in [0.5, 0.6) is 0 Å². The number of ether oxygens (including phenoxy) is 1. The Balaban J connectivity index is 3.29. The lowest BCUT2D eigenvalue weighted by Gasteiger charge is -2.42. The molecule has 0 amide bonds. The molecule has 0 N–H and O–H groups in total. The highest BCUT2D eigenvalue weighted by Gasteiger charge is 2.43. The summed E-state index contributed by atoms with van der Waals surface area (Å²) in [5, 5.41) is 0.226. The number of esters is 1. The fourth-order valence-electron chi connectivity index (χ4n) is 2.63. The maximum absolute atomic E-state index is 11.9. The summed E-state index contributed by atoms with van der Waals surface area (Å²) in [4.78, 5) is 11.9. The molecule has 0 bridgehead atoms. The van der Waals surface area contributed by atoms with Gasteiger partial charge in [-0.15, -0.1) is 0 Å². The highest BCUT2D eigenvalue weighted by molar-refractivity contribution is 6.74. The smallest absolute Gasteiger partial charge is 0.306 e. The van der Waals surface area contributed by atoms with Crippen molar-refractivity contribution >= 4 is 22.6 Å².